The zero-order valence-electron chi connectivity index (χ0n) is 15.6. The Kier molecular flexibility index (Phi) is 4.53. The van der Waals surface area contributed by atoms with Gasteiger partial charge in [0.1, 0.15) is 5.01 Å². The van der Waals surface area contributed by atoms with Crippen molar-refractivity contribution in [1.82, 2.24) is 15.5 Å². The van der Waals surface area contributed by atoms with Crippen LogP contribution in [0.3, 0.4) is 0 Å². The zero-order chi connectivity index (χ0) is 18.4. The van der Waals surface area contributed by atoms with E-state index >= 15 is 0 Å². The lowest BCUT2D eigenvalue weighted by atomic mass is 9.46. The van der Waals surface area contributed by atoms with Crippen LogP contribution in [0.5, 0.6) is 0 Å². The zero-order valence-corrected chi connectivity index (χ0v) is 16.5. The van der Waals surface area contributed by atoms with Crippen LogP contribution in [0.2, 0.25) is 0 Å². The summed E-state index contributed by atoms with van der Waals surface area (Å²) in [5.74, 6) is 1.19. The Morgan fingerprint density at radius 2 is 1.92 bits per heavy atom. The molecule has 2 N–H and O–H groups in total. The second-order valence-electron chi connectivity index (χ2n) is 8.76. The normalized spacial score (nSPS) is 34.7. The smallest absolute Gasteiger partial charge is 0.232 e. The van der Waals surface area contributed by atoms with Crippen molar-refractivity contribution in [2.45, 2.75) is 77.2 Å². The number of hydrogen-bond donors (Lipinski definition) is 2. The summed E-state index contributed by atoms with van der Waals surface area (Å²) in [4.78, 5) is 25.0. The van der Waals surface area contributed by atoms with Crippen LogP contribution >= 0.6 is 11.3 Å². The summed E-state index contributed by atoms with van der Waals surface area (Å²) in [7, 11) is 0. The Morgan fingerprint density at radius 1 is 1.19 bits per heavy atom. The average Bonchev–Trinajstić information content (AvgIpc) is 2.97. The van der Waals surface area contributed by atoms with E-state index in [2.05, 4.69) is 27.8 Å². The van der Waals surface area contributed by atoms with Crippen molar-refractivity contribution in [3.8, 4) is 0 Å². The molecular formula is C19H28N4O2S. The predicted molar refractivity (Wildman–Crippen MR) is 101 cm³/mol. The van der Waals surface area contributed by atoms with E-state index < -0.39 is 0 Å². The number of nitrogens with zero attached hydrogens (tertiary/aromatic N) is 2. The van der Waals surface area contributed by atoms with E-state index in [0.717, 1.165) is 56.4 Å². The lowest BCUT2D eigenvalue weighted by Crippen LogP contribution is -2.65. The fourth-order valence-electron chi connectivity index (χ4n) is 6.01. The first-order chi connectivity index (χ1) is 12.4. The second-order valence-corrected chi connectivity index (χ2v) is 9.82. The number of unbranched alkanes of at least 4 members (excludes halogenated alkanes) is 1. The lowest BCUT2D eigenvalue weighted by Gasteiger charge is -2.61. The molecule has 4 aliphatic rings. The molecule has 0 spiro atoms. The summed E-state index contributed by atoms with van der Waals surface area (Å²) in [6.45, 7) is 3.74. The van der Waals surface area contributed by atoms with E-state index in [1.807, 2.05) is 0 Å². The summed E-state index contributed by atoms with van der Waals surface area (Å²) in [5, 5.41) is 16.3. The molecule has 4 fully saturated rings. The van der Waals surface area contributed by atoms with Crippen LogP contribution in [0.4, 0.5) is 5.13 Å². The highest BCUT2D eigenvalue weighted by molar-refractivity contribution is 7.15. The highest BCUT2D eigenvalue weighted by atomic mass is 32.1. The molecule has 26 heavy (non-hydrogen) atoms. The minimum absolute atomic E-state index is 0.0206. The number of amides is 2. The molecule has 0 saturated heterocycles. The third-order valence-electron chi connectivity index (χ3n) is 6.42. The molecule has 4 bridgehead atoms. The van der Waals surface area contributed by atoms with Crippen molar-refractivity contribution in [2.75, 3.05) is 5.32 Å². The van der Waals surface area contributed by atoms with E-state index in [-0.39, 0.29) is 22.8 Å². The minimum atomic E-state index is -0.359. The lowest BCUT2D eigenvalue weighted by molar-refractivity contribution is -0.148. The number of anilines is 1. The van der Waals surface area contributed by atoms with Gasteiger partial charge < -0.3 is 10.6 Å². The highest BCUT2D eigenvalue weighted by Crippen LogP contribution is 2.61. The first-order valence-electron chi connectivity index (χ1n) is 9.85. The fourth-order valence-corrected chi connectivity index (χ4v) is 6.79. The molecule has 0 aliphatic heterocycles. The van der Waals surface area contributed by atoms with Crippen LogP contribution in [-0.2, 0) is 16.0 Å². The van der Waals surface area contributed by atoms with Crippen LogP contribution in [0, 0.1) is 17.3 Å². The van der Waals surface area contributed by atoms with E-state index in [1.54, 1.807) is 6.92 Å². The van der Waals surface area contributed by atoms with Gasteiger partial charge in [0.25, 0.3) is 0 Å². The fraction of sp³-hybridized carbons (Fsp3) is 0.789. The maximum atomic E-state index is 13.2. The van der Waals surface area contributed by atoms with Gasteiger partial charge in [-0.1, -0.05) is 24.7 Å². The van der Waals surface area contributed by atoms with Gasteiger partial charge in [-0.3, -0.25) is 9.59 Å². The molecule has 4 aliphatic carbocycles. The molecule has 5 rings (SSSR count). The molecule has 0 aromatic carbocycles. The maximum absolute atomic E-state index is 13.2. The molecule has 0 radical (unpaired) electrons. The van der Waals surface area contributed by atoms with Crippen molar-refractivity contribution < 1.29 is 9.59 Å². The quantitative estimate of drug-likeness (QED) is 0.798. The van der Waals surface area contributed by atoms with Gasteiger partial charge in [-0.2, -0.15) is 0 Å². The number of carbonyl (C=O) groups excluding carboxylic acids is 2. The van der Waals surface area contributed by atoms with Crippen LogP contribution in [0.25, 0.3) is 0 Å². The third kappa shape index (κ3) is 3.26. The van der Waals surface area contributed by atoms with Gasteiger partial charge in [0, 0.05) is 18.9 Å². The largest absolute Gasteiger partial charge is 0.351 e. The molecule has 142 valence electrons. The summed E-state index contributed by atoms with van der Waals surface area (Å²) >= 11 is 1.49. The van der Waals surface area contributed by atoms with Gasteiger partial charge in [-0.05, 0) is 56.8 Å². The first kappa shape index (κ1) is 17.9. The molecular weight excluding hydrogens is 348 g/mol. The molecule has 7 heteroatoms. The molecule has 0 unspecified atom stereocenters. The van der Waals surface area contributed by atoms with Gasteiger partial charge in [0.05, 0.1) is 5.41 Å². The van der Waals surface area contributed by atoms with Gasteiger partial charge in [-0.25, -0.2) is 0 Å². The van der Waals surface area contributed by atoms with Crippen molar-refractivity contribution in [1.29, 1.82) is 0 Å². The average molecular weight is 377 g/mol. The molecule has 2 amide bonds. The van der Waals surface area contributed by atoms with Crippen LogP contribution in [0.15, 0.2) is 0 Å². The number of hydrogen-bond acceptors (Lipinski definition) is 5. The minimum Gasteiger partial charge on any atom is -0.351 e. The van der Waals surface area contributed by atoms with E-state index in [4.69, 9.17) is 0 Å². The molecule has 1 aromatic heterocycles. The number of rotatable bonds is 6. The standard InChI is InChI=1S/C19H28N4O2S/c1-3-4-5-15-22-23-17(26-15)20-16(25)18-7-13-6-14(8-18)10-19(9-13,11-18)21-12(2)24/h13-14H,3-11H2,1-2H3,(H,21,24)(H,20,23,25)/t13-,14-,18?,19?/m1/s1. The Morgan fingerprint density at radius 3 is 2.58 bits per heavy atom. The van der Waals surface area contributed by atoms with Gasteiger partial charge in [-0.15, -0.1) is 10.2 Å². The van der Waals surface area contributed by atoms with Gasteiger partial charge >= 0.3 is 0 Å². The van der Waals surface area contributed by atoms with E-state index in [9.17, 15) is 9.59 Å². The summed E-state index contributed by atoms with van der Waals surface area (Å²) < 4.78 is 0. The molecule has 2 atom stereocenters. The SMILES string of the molecule is CCCCc1nnc(NC(=O)C23C[C@H]4C[C@@H](CC(NC(C)=O)(C4)C2)C3)s1. The summed E-state index contributed by atoms with van der Waals surface area (Å²) in [6.07, 6.45) is 9.04. The topological polar surface area (TPSA) is 84.0 Å². The summed E-state index contributed by atoms with van der Waals surface area (Å²) in [6, 6.07) is 0. The summed E-state index contributed by atoms with van der Waals surface area (Å²) in [5.41, 5.74) is -0.539. The van der Waals surface area contributed by atoms with Crippen molar-refractivity contribution >= 4 is 28.3 Å². The molecule has 1 heterocycles. The second kappa shape index (κ2) is 6.59. The molecule has 4 saturated carbocycles. The third-order valence-corrected chi connectivity index (χ3v) is 7.31. The Balaban J connectivity index is 1.50. The van der Waals surface area contributed by atoms with E-state index in [0.29, 0.717) is 17.0 Å². The van der Waals surface area contributed by atoms with Crippen molar-refractivity contribution in [3.63, 3.8) is 0 Å². The molecule has 6 nitrogen and oxygen atoms in total. The Hall–Kier alpha value is -1.50. The maximum Gasteiger partial charge on any atom is 0.232 e. The Bertz CT molecular complexity index is 702. The van der Waals surface area contributed by atoms with Gasteiger partial charge in [0.2, 0.25) is 16.9 Å². The number of aromatic nitrogens is 2. The van der Waals surface area contributed by atoms with Gasteiger partial charge in [0.15, 0.2) is 0 Å². The number of carbonyl (C=O) groups is 2. The van der Waals surface area contributed by atoms with Crippen LogP contribution in [0.1, 0.15) is 70.2 Å². The number of aryl methyl sites for hydroxylation is 1. The predicted octanol–water partition coefficient (Wildman–Crippen LogP) is 3.29. The highest BCUT2D eigenvalue weighted by Gasteiger charge is 2.60. The monoisotopic (exact) mass is 376 g/mol. The molecule has 1 aromatic rings. The van der Waals surface area contributed by atoms with Crippen molar-refractivity contribution in [2.24, 2.45) is 17.3 Å². The van der Waals surface area contributed by atoms with Crippen LogP contribution in [-0.4, -0.2) is 27.6 Å². The Labute approximate surface area is 158 Å². The van der Waals surface area contributed by atoms with Crippen molar-refractivity contribution in [3.05, 3.63) is 5.01 Å². The van der Waals surface area contributed by atoms with E-state index in [1.165, 1.54) is 17.8 Å². The number of nitrogens with one attached hydrogen (secondary N) is 2. The first-order valence-corrected chi connectivity index (χ1v) is 10.7. The van der Waals surface area contributed by atoms with Crippen LogP contribution < -0.4 is 10.6 Å².